The van der Waals surface area contributed by atoms with E-state index in [9.17, 15) is 10.1 Å². The van der Waals surface area contributed by atoms with Crippen LogP contribution in [0.5, 0.6) is 0 Å². The predicted molar refractivity (Wildman–Crippen MR) is 90.1 cm³/mol. The molecule has 1 aromatic rings. The second-order valence-corrected chi connectivity index (χ2v) is 6.70. The van der Waals surface area contributed by atoms with Crippen LogP contribution in [0, 0.1) is 22.0 Å². The lowest BCUT2D eigenvalue weighted by atomic mass is 9.89. The van der Waals surface area contributed by atoms with Crippen LogP contribution < -0.4 is 4.90 Å². The van der Waals surface area contributed by atoms with E-state index in [1.165, 1.54) is 6.42 Å². The van der Waals surface area contributed by atoms with Crippen LogP contribution in [0.1, 0.15) is 38.7 Å². The Bertz CT molecular complexity index is 505. The molecular weight excluding hydrogens is 332 g/mol. The van der Waals surface area contributed by atoms with Crippen molar-refractivity contribution in [2.45, 2.75) is 38.4 Å². The van der Waals surface area contributed by atoms with Gasteiger partial charge in [-0.05, 0) is 42.7 Å². The van der Waals surface area contributed by atoms with Crippen LogP contribution in [0.4, 0.5) is 11.4 Å². The summed E-state index contributed by atoms with van der Waals surface area (Å²) < 4.78 is 0. The topological polar surface area (TPSA) is 46.4 Å². The van der Waals surface area contributed by atoms with Gasteiger partial charge in [0.05, 0.1) is 4.92 Å². The highest BCUT2D eigenvalue weighted by atomic mass is 79.9. The van der Waals surface area contributed by atoms with Crippen molar-refractivity contribution in [1.82, 2.24) is 0 Å². The van der Waals surface area contributed by atoms with E-state index in [4.69, 9.17) is 0 Å². The van der Waals surface area contributed by atoms with Gasteiger partial charge in [-0.3, -0.25) is 10.1 Å². The Kier molecular flexibility index (Phi) is 5.62. The molecule has 1 fully saturated rings. The van der Waals surface area contributed by atoms with Gasteiger partial charge in [0.25, 0.3) is 5.69 Å². The van der Waals surface area contributed by atoms with E-state index in [2.05, 4.69) is 34.7 Å². The lowest BCUT2D eigenvalue weighted by molar-refractivity contribution is -0.384. The van der Waals surface area contributed by atoms with Crippen molar-refractivity contribution in [2.24, 2.45) is 11.8 Å². The van der Waals surface area contributed by atoms with Gasteiger partial charge in [-0.2, -0.15) is 0 Å². The smallest absolute Gasteiger partial charge is 0.292 e. The van der Waals surface area contributed by atoms with Crippen LogP contribution in [0.15, 0.2) is 18.2 Å². The van der Waals surface area contributed by atoms with E-state index in [-0.39, 0.29) is 10.6 Å². The van der Waals surface area contributed by atoms with Crippen molar-refractivity contribution in [3.63, 3.8) is 0 Å². The average molecular weight is 355 g/mol. The molecule has 4 nitrogen and oxygen atoms in total. The van der Waals surface area contributed by atoms with E-state index in [1.54, 1.807) is 6.07 Å². The number of nitro benzene ring substituents is 1. The Hall–Kier alpha value is -1.10. The normalized spacial score (nSPS) is 19.6. The fourth-order valence-corrected chi connectivity index (χ4v) is 3.44. The second kappa shape index (κ2) is 7.25. The number of halogens is 1. The van der Waals surface area contributed by atoms with Gasteiger partial charge in [0.1, 0.15) is 5.69 Å². The minimum absolute atomic E-state index is 0.231. The van der Waals surface area contributed by atoms with Gasteiger partial charge in [0.2, 0.25) is 0 Å². The molecule has 0 amide bonds. The van der Waals surface area contributed by atoms with E-state index in [0.29, 0.717) is 11.2 Å². The summed E-state index contributed by atoms with van der Waals surface area (Å²) in [5.74, 6) is 1.42. The number of anilines is 1. The molecule has 0 aliphatic carbocycles. The molecule has 0 aromatic heterocycles. The van der Waals surface area contributed by atoms with Gasteiger partial charge in [-0.25, -0.2) is 0 Å². The van der Waals surface area contributed by atoms with E-state index in [0.717, 1.165) is 43.1 Å². The molecule has 0 saturated carbocycles. The van der Waals surface area contributed by atoms with Crippen LogP contribution in [0.3, 0.4) is 0 Å². The maximum Gasteiger partial charge on any atom is 0.292 e. The first-order valence-electron chi connectivity index (χ1n) is 7.61. The van der Waals surface area contributed by atoms with Gasteiger partial charge in [0, 0.05) is 24.5 Å². The molecule has 5 heteroatoms. The molecule has 0 spiro atoms. The lowest BCUT2D eigenvalue weighted by Crippen LogP contribution is -2.25. The van der Waals surface area contributed by atoms with Gasteiger partial charge in [-0.15, -0.1) is 0 Å². The minimum atomic E-state index is -0.258. The summed E-state index contributed by atoms with van der Waals surface area (Å²) in [6, 6.07) is 5.57. The van der Waals surface area contributed by atoms with Crippen molar-refractivity contribution in [2.75, 3.05) is 18.0 Å². The third-order valence-electron chi connectivity index (χ3n) is 4.45. The zero-order valence-corrected chi connectivity index (χ0v) is 14.3. The van der Waals surface area contributed by atoms with Crippen molar-refractivity contribution in [3.05, 3.63) is 33.9 Å². The molecule has 1 aliphatic heterocycles. The summed E-state index contributed by atoms with van der Waals surface area (Å²) in [4.78, 5) is 13.3. The number of alkyl halides is 1. The molecule has 0 bridgehead atoms. The van der Waals surface area contributed by atoms with Gasteiger partial charge in [0.15, 0.2) is 0 Å². The first-order chi connectivity index (χ1) is 10.0. The molecule has 1 atom stereocenters. The third-order valence-corrected chi connectivity index (χ3v) is 5.09. The maximum atomic E-state index is 11.4. The summed E-state index contributed by atoms with van der Waals surface area (Å²) >= 11 is 3.36. The quantitative estimate of drug-likeness (QED) is 0.445. The molecule has 0 radical (unpaired) electrons. The highest BCUT2D eigenvalue weighted by Crippen LogP contribution is 2.33. The van der Waals surface area contributed by atoms with E-state index < -0.39 is 0 Å². The molecule has 1 aliphatic rings. The minimum Gasteiger partial charge on any atom is -0.366 e. The molecule has 1 heterocycles. The lowest BCUT2D eigenvalue weighted by Gasteiger charge is -2.23. The number of hydrogen-bond donors (Lipinski definition) is 0. The van der Waals surface area contributed by atoms with Crippen LogP contribution in [0.2, 0.25) is 0 Å². The fraction of sp³-hybridized carbons (Fsp3) is 0.625. The highest BCUT2D eigenvalue weighted by molar-refractivity contribution is 9.08. The summed E-state index contributed by atoms with van der Waals surface area (Å²) in [7, 11) is 0. The van der Waals surface area contributed by atoms with Gasteiger partial charge >= 0.3 is 0 Å². The SMILES string of the molecule is CC(C)C1CCCN(c2ccc(CBr)cc2[N+](=O)[O-])CC1. The van der Waals surface area contributed by atoms with Crippen LogP contribution in [0.25, 0.3) is 0 Å². The Morgan fingerprint density at radius 2 is 2.14 bits per heavy atom. The fourth-order valence-electron chi connectivity index (χ4n) is 3.10. The Morgan fingerprint density at radius 3 is 2.76 bits per heavy atom. The van der Waals surface area contributed by atoms with Crippen LogP contribution >= 0.6 is 15.9 Å². The maximum absolute atomic E-state index is 11.4. The molecule has 21 heavy (non-hydrogen) atoms. The molecule has 1 aromatic carbocycles. The number of nitro groups is 1. The highest BCUT2D eigenvalue weighted by Gasteiger charge is 2.24. The summed E-state index contributed by atoms with van der Waals surface area (Å²) in [6.07, 6.45) is 3.46. The summed E-state index contributed by atoms with van der Waals surface area (Å²) in [5, 5.41) is 12.0. The van der Waals surface area contributed by atoms with Crippen molar-refractivity contribution >= 4 is 27.3 Å². The first kappa shape index (κ1) is 16.3. The Balaban J connectivity index is 2.23. The standard InChI is InChI=1S/C16H23BrN2O2/c1-12(2)14-4-3-8-18(9-7-14)15-6-5-13(11-17)10-16(15)19(20)21/h5-6,10,12,14H,3-4,7-9,11H2,1-2H3. The predicted octanol–water partition coefficient (Wildman–Crippen LogP) is 4.75. The summed E-state index contributed by atoms with van der Waals surface area (Å²) in [6.45, 7) is 6.37. The molecule has 0 N–H and O–H groups in total. The monoisotopic (exact) mass is 354 g/mol. The molecule has 2 rings (SSSR count). The van der Waals surface area contributed by atoms with Crippen LogP contribution in [-0.4, -0.2) is 18.0 Å². The van der Waals surface area contributed by atoms with Crippen molar-refractivity contribution in [3.8, 4) is 0 Å². The molecule has 1 unspecified atom stereocenters. The van der Waals surface area contributed by atoms with Gasteiger partial charge in [-0.1, -0.05) is 35.8 Å². The largest absolute Gasteiger partial charge is 0.366 e. The van der Waals surface area contributed by atoms with Crippen LogP contribution in [-0.2, 0) is 5.33 Å². The number of rotatable bonds is 4. The van der Waals surface area contributed by atoms with Gasteiger partial charge < -0.3 is 4.90 Å². The second-order valence-electron chi connectivity index (χ2n) is 6.14. The number of benzene rings is 1. The van der Waals surface area contributed by atoms with Crippen molar-refractivity contribution in [1.29, 1.82) is 0 Å². The number of hydrogen-bond acceptors (Lipinski definition) is 3. The zero-order valence-electron chi connectivity index (χ0n) is 12.7. The first-order valence-corrected chi connectivity index (χ1v) is 8.73. The van der Waals surface area contributed by atoms with E-state index >= 15 is 0 Å². The third kappa shape index (κ3) is 3.96. The Morgan fingerprint density at radius 1 is 1.38 bits per heavy atom. The van der Waals surface area contributed by atoms with Crippen molar-refractivity contribution < 1.29 is 4.92 Å². The molecular formula is C16H23BrN2O2. The molecule has 116 valence electrons. The van der Waals surface area contributed by atoms with E-state index in [1.807, 2.05) is 12.1 Å². The molecule has 1 saturated heterocycles. The number of nitrogens with zero attached hydrogens (tertiary/aromatic N) is 2. The average Bonchev–Trinajstić information content (AvgIpc) is 2.72. The Labute approximate surface area is 134 Å². The summed E-state index contributed by atoms with van der Waals surface area (Å²) in [5.41, 5.74) is 1.95. The zero-order chi connectivity index (χ0) is 15.4.